The summed E-state index contributed by atoms with van der Waals surface area (Å²) in [6.07, 6.45) is 0. The summed E-state index contributed by atoms with van der Waals surface area (Å²) in [6, 6.07) is 16.1. The number of aromatic amines is 2. The molecule has 5 aromatic rings. The van der Waals surface area contributed by atoms with Crippen molar-refractivity contribution in [1.82, 2.24) is 9.97 Å². The van der Waals surface area contributed by atoms with Crippen LogP contribution in [-0.2, 0) is 0 Å². The maximum absolute atomic E-state index is 12.9. The maximum Gasteiger partial charge on any atom is 0.198 e. The number of hydrogen-bond acceptors (Lipinski definition) is 2. The highest BCUT2D eigenvalue weighted by Gasteiger charge is 2.12. The molecule has 0 bridgehead atoms. The first-order valence-electron chi connectivity index (χ1n) is 7.82. The van der Waals surface area contributed by atoms with E-state index in [0.29, 0.717) is 43.1 Å². The highest BCUT2D eigenvalue weighted by molar-refractivity contribution is 6.35. The topological polar surface area (TPSA) is 65.7 Å². The SMILES string of the molecule is O=c1c2ccccc2[nH]c2cc3c(=O)c4c(Cl)cccc4[nH]c3cc12. The average Bonchev–Trinajstić information content (AvgIpc) is 2.61. The van der Waals surface area contributed by atoms with E-state index in [4.69, 9.17) is 11.6 Å². The van der Waals surface area contributed by atoms with E-state index in [0.717, 1.165) is 5.52 Å². The molecule has 0 spiro atoms. The van der Waals surface area contributed by atoms with Gasteiger partial charge < -0.3 is 9.97 Å². The van der Waals surface area contributed by atoms with Crippen molar-refractivity contribution in [3.05, 3.63) is 80.1 Å². The van der Waals surface area contributed by atoms with Gasteiger partial charge in [0.2, 0.25) is 0 Å². The van der Waals surface area contributed by atoms with Crippen molar-refractivity contribution in [2.45, 2.75) is 0 Å². The summed E-state index contributed by atoms with van der Waals surface area (Å²) >= 11 is 6.21. The molecule has 25 heavy (non-hydrogen) atoms. The van der Waals surface area contributed by atoms with Crippen molar-refractivity contribution in [2.24, 2.45) is 0 Å². The maximum atomic E-state index is 12.9. The molecule has 5 heteroatoms. The number of rotatable bonds is 0. The molecular formula is C20H11ClN2O2. The van der Waals surface area contributed by atoms with Gasteiger partial charge in [-0.3, -0.25) is 9.59 Å². The Labute approximate surface area is 145 Å². The first-order valence-corrected chi connectivity index (χ1v) is 8.20. The first kappa shape index (κ1) is 14.3. The number of H-pyrrole nitrogens is 2. The smallest absolute Gasteiger partial charge is 0.198 e. The summed E-state index contributed by atoms with van der Waals surface area (Å²) < 4.78 is 0. The highest BCUT2D eigenvalue weighted by atomic mass is 35.5. The van der Waals surface area contributed by atoms with E-state index in [9.17, 15) is 9.59 Å². The lowest BCUT2D eigenvalue weighted by atomic mass is 10.1. The number of para-hydroxylation sites is 1. The number of fused-ring (bicyclic) bond motifs is 4. The van der Waals surface area contributed by atoms with Crippen molar-refractivity contribution >= 4 is 55.2 Å². The summed E-state index contributed by atoms with van der Waals surface area (Å²) in [4.78, 5) is 32.2. The fraction of sp³-hybridized carbons (Fsp3) is 0. The lowest BCUT2D eigenvalue weighted by molar-refractivity contribution is 1.46. The van der Waals surface area contributed by atoms with Crippen LogP contribution >= 0.6 is 11.6 Å². The molecule has 0 atom stereocenters. The van der Waals surface area contributed by atoms with Gasteiger partial charge >= 0.3 is 0 Å². The van der Waals surface area contributed by atoms with Crippen LogP contribution in [0.4, 0.5) is 0 Å². The minimum atomic E-state index is -0.148. The molecule has 4 nitrogen and oxygen atoms in total. The predicted octanol–water partition coefficient (Wildman–Crippen LogP) is 4.33. The number of benzene rings is 3. The van der Waals surface area contributed by atoms with E-state index in [1.807, 2.05) is 18.2 Å². The average molecular weight is 347 g/mol. The normalized spacial score (nSPS) is 11.7. The second kappa shape index (κ2) is 4.94. The molecule has 0 fully saturated rings. The molecule has 0 saturated heterocycles. The standard InChI is InChI=1S/C20H11ClN2O2/c21-13-5-3-7-15-18(13)20(25)12-9-16-11(8-17(12)23-15)19(24)10-4-1-2-6-14(10)22-16/h1-9H,(H,22,24)(H,23,25). The van der Waals surface area contributed by atoms with Gasteiger partial charge in [-0.15, -0.1) is 0 Å². The van der Waals surface area contributed by atoms with Gasteiger partial charge in [-0.2, -0.15) is 0 Å². The molecule has 0 aliphatic rings. The minimum Gasteiger partial charge on any atom is -0.354 e. The fourth-order valence-corrected chi connectivity index (χ4v) is 3.66. The molecule has 0 aliphatic carbocycles. The van der Waals surface area contributed by atoms with Crippen LogP contribution in [0.25, 0.3) is 43.6 Å². The van der Waals surface area contributed by atoms with Crippen LogP contribution in [0.2, 0.25) is 5.02 Å². The summed E-state index contributed by atoms with van der Waals surface area (Å²) in [5, 5.41) is 2.54. The zero-order valence-corrected chi connectivity index (χ0v) is 13.6. The van der Waals surface area contributed by atoms with Crippen molar-refractivity contribution in [3.63, 3.8) is 0 Å². The quantitative estimate of drug-likeness (QED) is 0.410. The number of pyridine rings is 2. The van der Waals surface area contributed by atoms with E-state index in [2.05, 4.69) is 9.97 Å². The second-order valence-corrected chi connectivity index (χ2v) is 6.47. The van der Waals surface area contributed by atoms with Crippen molar-refractivity contribution in [2.75, 3.05) is 0 Å². The number of hydrogen-bond donors (Lipinski definition) is 2. The molecular weight excluding hydrogens is 336 g/mol. The Morgan fingerprint density at radius 3 is 2.08 bits per heavy atom. The second-order valence-electron chi connectivity index (χ2n) is 6.06. The summed E-state index contributed by atoms with van der Waals surface area (Å²) in [7, 11) is 0. The zero-order chi connectivity index (χ0) is 17.1. The number of nitrogens with one attached hydrogen (secondary N) is 2. The Hall–Kier alpha value is -3.11. The third-order valence-corrected chi connectivity index (χ3v) is 4.91. The third-order valence-electron chi connectivity index (χ3n) is 4.60. The molecule has 3 aromatic carbocycles. The van der Waals surface area contributed by atoms with Crippen molar-refractivity contribution in [1.29, 1.82) is 0 Å². The van der Waals surface area contributed by atoms with Gasteiger partial charge in [0.1, 0.15) is 0 Å². The highest BCUT2D eigenvalue weighted by Crippen LogP contribution is 2.24. The van der Waals surface area contributed by atoms with E-state index < -0.39 is 0 Å². The first-order chi connectivity index (χ1) is 12.1. The summed E-state index contributed by atoms with van der Waals surface area (Å²) in [5.41, 5.74) is 2.45. The Kier molecular flexibility index (Phi) is 2.82. The lowest BCUT2D eigenvalue weighted by Crippen LogP contribution is -2.08. The predicted molar refractivity (Wildman–Crippen MR) is 103 cm³/mol. The molecule has 2 N–H and O–H groups in total. The minimum absolute atomic E-state index is 0.0571. The van der Waals surface area contributed by atoms with Gasteiger partial charge in [0, 0.05) is 21.7 Å². The van der Waals surface area contributed by atoms with Crippen LogP contribution in [0.15, 0.2) is 64.2 Å². The van der Waals surface area contributed by atoms with Crippen LogP contribution < -0.4 is 10.9 Å². The number of aromatic nitrogens is 2. The van der Waals surface area contributed by atoms with Crippen LogP contribution in [0.1, 0.15) is 0 Å². The number of halogens is 1. The van der Waals surface area contributed by atoms with Crippen LogP contribution in [-0.4, -0.2) is 9.97 Å². The van der Waals surface area contributed by atoms with Crippen molar-refractivity contribution in [3.8, 4) is 0 Å². The van der Waals surface area contributed by atoms with E-state index >= 15 is 0 Å². The van der Waals surface area contributed by atoms with Gasteiger partial charge in [0.25, 0.3) is 0 Å². The van der Waals surface area contributed by atoms with E-state index in [-0.39, 0.29) is 10.9 Å². The molecule has 0 radical (unpaired) electrons. The van der Waals surface area contributed by atoms with Gasteiger partial charge in [0.15, 0.2) is 10.9 Å². The van der Waals surface area contributed by atoms with Gasteiger partial charge in [-0.1, -0.05) is 29.8 Å². The fourth-order valence-electron chi connectivity index (χ4n) is 3.40. The third kappa shape index (κ3) is 1.95. The van der Waals surface area contributed by atoms with E-state index in [1.165, 1.54) is 0 Å². The summed E-state index contributed by atoms with van der Waals surface area (Å²) in [5.74, 6) is 0. The molecule has 2 heterocycles. The molecule has 0 unspecified atom stereocenters. The van der Waals surface area contributed by atoms with Gasteiger partial charge in [-0.25, -0.2) is 0 Å². The Balaban J connectivity index is 2.05. The molecule has 2 aromatic heterocycles. The van der Waals surface area contributed by atoms with Gasteiger partial charge in [0.05, 0.1) is 27.0 Å². The van der Waals surface area contributed by atoms with Crippen molar-refractivity contribution < 1.29 is 0 Å². The molecule has 0 saturated carbocycles. The lowest BCUT2D eigenvalue weighted by Gasteiger charge is -2.07. The van der Waals surface area contributed by atoms with Crippen LogP contribution in [0.3, 0.4) is 0 Å². The molecule has 0 aliphatic heterocycles. The Morgan fingerprint density at radius 1 is 0.640 bits per heavy atom. The molecule has 120 valence electrons. The van der Waals surface area contributed by atoms with Crippen LogP contribution in [0.5, 0.6) is 0 Å². The Morgan fingerprint density at radius 2 is 1.28 bits per heavy atom. The summed E-state index contributed by atoms with van der Waals surface area (Å²) in [6.45, 7) is 0. The monoisotopic (exact) mass is 346 g/mol. The Bertz CT molecular complexity index is 1450. The zero-order valence-electron chi connectivity index (χ0n) is 12.9. The molecule has 0 amide bonds. The largest absolute Gasteiger partial charge is 0.354 e. The van der Waals surface area contributed by atoms with Crippen LogP contribution in [0, 0.1) is 0 Å². The van der Waals surface area contributed by atoms with E-state index in [1.54, 1.807) is 36.4 Å². The molecule has 5 rings (SSSR count). The van der Waals surface area contributed by atoms with Gasteiger partial charge in [-0.05, 0) is 36.4 Å².